The third-order valence-corrected chi connectivity index (χ3v) is 1.18. The van der Waals surface area contributed by atoms with Crippen LogP contribution < -0.4 is 5.73 Å². The van der Waals surface area contributed by atoms with Gasteiger partial charge < -0.3 is 10.5 Å². The SMILES string of the molecule is [2H]C([2H])([2H])n1ncc(N)c1C(=O)OC. The lowest BCUT2D eigenvalue weighted by Gasteiger charge is -1.99. The van der Waals surface area contributed by atoms with Gasteiger partial charge in [0.25, 0.3) is 0 Å². The Balaban J connectivity index is 3.26. The van der Waals surface area contributed by atoms with Gasteiger partial charge in [-0.05, 0) is 0 Å². The largest absolute Gasteiger partial charge is 0.464 e. The molecule has 5 nitrogen and oxygen atoms in total. The Morgan fingerprint density at radius 2 is 2.73 bits per heavy atom. The summed E-state index contributed by atoms with van der Waals surface area (Å²) in [5, 5.41) is 3.48. The number of ether oxygens (including phenoxy) is 1. The lowest BCUT2D eigenvalue weighted by atomic mass is 10.4. The standard InChI is InChI=1S/C6H9N3O2/c1-9-5(6(10)11-2)4(7)3-8-9/h3H,7H2,1-2H3/i1D3. The summed E-state index contributed by atoms with van der Waals surface area (Å²) in [4.78, 5) is 11.1. The van der Waals surface area contributed by atoms with Gasteiger partial charge in [0.05, 0.1) is 19.0 Å². The van der Waals surface area contributed by atoms with E-state index in [1.54, 1.807) is 0 Å². The number of nitrogens with two attached hydrogens (primary N) is 1. The first-order valence-electron chi connectivity index (χ1n) is 4.30. The third-order valence-electron chi connectivity index (χ3n) is 1.18. The van der Waals surface area contributed by atoms with Crippen molar-refractivity contribution < 1.29 is 13.6 Å². The molecule has 2 N–H and O–H groups in total. The second kappa shape index (κ2) is 2.61. The zero-order valence-corrected chi connectivity index (χ0v) is 5.87. The lowest BCUT2D eigenvalue weighted by molar-refractivity contribution is 0.0589. The molecule has 1 rings (SSSR count). The number of aromatic nitrogens is 2. The summed E-state index contributed by atoms with van der Waals surface area (Å²) in [6, 6.07) is 0. The number of rotatable bonds is 1. The van der Waals surface area contributed by atoms with Crippen LogP contribution >= 0.6 is 0 Å². The monoisotopic (exact) mass is 158 g/mol. The molecule has 1 heterocycles. The van der Waals surface area contributed by atoms with Crippen LogP contribution in [-0.4, -0.2) is 22.9 Å². The summed E-state index contributed by atoms with van der Waals surface area (Å²) >= 11 is 0. The van der Waals surface area contributed by atoms with Gasteiger partial charge in [-0.25, -0.2) is 4.79 Å². The van der Waals surface area contributed by atoms with Crippen LogP contribution in [0, 0.1) is 0 Å². The maximum absolute atomic E-state index is 11.1. The third kappa shape index (κ3) is 1.17. The summed E-state index contributed by atoms with van der Waals surface area (Å²) in [5.41, 5.74) is 5.10. The fourth-order valence-electron chi connectivity index (χ4n) is 0.662. The minimum atomic E-state index is -2.54. The Kier molecular flexibility index (Phi) is 1.04. The smallest absolute Gasteiger partial charge is 0.358 e. The lowest BCUT2D eigenvalue weighted by Crippen LogP contribution is -2.10. The van der Waals surface area contributed by atoms with Gasteiger partial charge in [-0.3, -0.25) is 4.68 Å². The van der Waals surface area contributed by atoms with Crippen molar-refractivity contribution in [3.05, 3.63) is 11.9 Å². The Labute approximate surface area is 68.0 Å². The van der Waals surface area contributed by atoms with E-state index in [-0.39, 0.29) is 11.4 Å². The van der Waals surface area contributed by atoms with Crippen molar-refractivity contribution in [1.29, 1.82) is 0 Å². The van der Waals surface area contributed by atoms with E-state index in [0.717, 1.165) is 13.3 Å². The van der Waals surface area contributed by atoms with Crippen molar-refractivity contribution in [2.24, 2.45) is 6.98 Å². The molecule has 0 aromatic carbocycles. The second-order valence-corrected chi connectivity index (χ2v) is 1.85. The van der Waals surface area contributed by atoms with Crippen LogP contribution in [-0.2, 0) is 11.7 Å². The van der Waals surface area contributed by atoms with Crippen LogP contribution in [0.25, 0.3) is 0 Å². The maximum Gasteiger partial charge on any atom is 0.358 e. The van der Waals surface area contributed by atoms with Gasteiger partial charge in [0.1, 0.15) is 0 Å². The highest BCUT2D eigenvalue weighted by atomic mass is 16.5. The van der Waals surface area contributed by atoms with Gasteiger partial charge in [-0.2, -0.15) is 5.10 Å². The molecular formula is C6H9N3O2. The Morgan fingerprint density at radius 1 is 2.00 bits per heavy atom. The van der Waals surface area contributed by atoms with Crippen LogP contribution in [0.4, 0.5) is 5.69 Å². The topological polar surface area (TPSA) is 70.1 Å². The fraction of sp³-hybridized carbons (Fsp3) is 0.333. The highest BCUT2D eigenvalue weighted by molar-refractivity contribution is 5.92. The molecule has 0 atom stereocenters. The number of esters is 1. The van der Waals surface area contributed by atoms with E-state index >= 15 is 0 Å². The molecule has 1 aromatic heterocycles. The molecule has 0 bridgehead atoms. The number of hydrogen-bond donors (Lipinski definition) is 1. The van der Waals surface area contributed by atoms with Crippen molar-refractivity contribution in [2.45, 2.75) is 0 Å². The number of carbonyl (C=O) groups is 1. The van der Waals surface area contributed by atoms with Crippen molar-refractivity contribution in [3.63, 3.8) is 0 Å². The number of anilines is 1. The van der Waals surface area contributed by atoms with Crippen molar-refractivity contribution in [2.75, 3.05) is 12.8 Å². The number of nitrogen functional groups attached to an aromatic ring is 1. The van der Waals surface area contributed by atoms with E-state index in [1.165, 1.54) is 0 Å². The zero-order valence-electron chi connectivity index (χ0n) is 8.87. The Bertz CT molecular complexity index is 358. The van der Waals surface area contributed by atoms with Crippen LogP contribution in [0.1, 0.15) is 14.6 Å². The van der Waals surface area contributed by atoms with Crippen LogP contribution in [0.15, 0.2) is 6.20 Å². The van der Waals surface area contributed by atoms with Crippen LogP contribution in [0.3, 0.4) is 0 Å². The van der Waals surface area contributed by atoms with Crippen molar-refractivity contribution in [3.8, 4) is 0 Å². The summed E-state index contributed by atoms with van der Waals surface area (Å²) in [5.74, 6) is -0.823. The van der Waals surface area contributed by atoms with Gasteiger partial charge in [-0.1, -0.05) is 0 Å². The van der Waals surface area contributed by atoms with E-state index in [1.807, 2.05) is 0 Å². The van der Waals surface area contributed by atoms with E-state index in [4.69, 9.17) is 9.85 Å². The maximum atomic E-state index is 11.1. The van der Waals surface area contributed by atoms with E-state index in [0.29, 0.717) is 4.68 Å². The first kappa shape index (κ1) is 4.38. The Morgan fingerprint density at radius 3 is 3.27 bits per heavy atom. The minimum absolute atomic E-state index is 0.0204. The normalized spacial score (nSPS) is 14.8. The molecule has 0 spiro atoms. The molecular weight excluding hydrogens is 146 g/mol. The molecule has 0 fully saturated rings. The number of nitrogens with zero attached hydrogens (tertiary/aromatic N) is 2. The molecule has 0 aliphatic heterocycles. The first-order chi connectivity index (χ1) is 6.38. The first-order valence-corrected chi connectivity index (χ1v) is 2.80. The van der Waals surface area contributed by atoms with Crippen LogP contribution in [0.2, 0.25) is 0 Å². The predicted octanol–water partition coefficient (Wildman–Crippen LogP) is -0.211. The number of carbonyl (C=O) groups excluding carboxylic acids is 1. The average molecular weight is 158 g/mol. The number of aryl methyl sites for hydroxylation is 1. The van der Waals surface area contributed by atoms with Crippen LogP contribution in [0.5, 0.6) is 0 Å². The molecule has 0 unspecified atom stereocenters. The highest BCUT2D eigenvalue weighted by Gasteiger charge is 2.14. The molecule has 11 heavy (non-hydrogen) atoms. The van der Waals surface area contributed by atoms with Gasteiger partial charge >= 0.3 is 5.97 Å². The van der Waals surface area contributed by atoms with Gasteiger partial charge in [0.2, 0.25) is 0 Å². The van der Waals surface area contributed by atoms with Gasteiger partial charge in [0, 0.05) is 11.1 Å². The molecule has 60 valence electrons. The van der Waals surface area contributed by atoms with Gasteiger partial charge in [-0.15, -0.1) is 0 Å². The van der Waals surface area contributed by atoms with E-state index < -0.39 is 12.9 Å². The molecule has 0 saturated carbocycles. The quantitative estimate of drug-likeness (QED) is 0.574. The molecule has 0 radical (unpaired) electrons. The number of methoxy groups -OCH3 is 1. The fourth-order valence-corrected chi connectivity index (χ4v) is 0.662. The second-order valence-electron chi connectivity index (χ2n) is 1.85. The summed E-state index contributed by atoms with van der Waals surface area (Å²) in [6.45, 7) is -2.54. The molecule has 0 aliphatic rings. The molecule has 1 aromatic rings. The predicted molar refractivity (Wildman–Crippen MR) is 39.0 cm³/mol. The summed E-state index contributed by atoms with van der Waals surface area (Å²) in [6.07, 6.45) is 1.10. The summed E-state index contributed by atoms with van der Waals surface area (Å²) in [7, 11) is 1.14. The molecule has 0 aliphatic carbocycles. The molecule has 5 heteroatoms. The zero-order chi connectivity index (χ0) is 10.9. The molecule has 0 saturated heterocycles. The van der Waals surface area contributed by atoms with E-state index in [2.05, 4.69) is 9.84 Å². The van der Waals surface area contributed by atoms with Gasteiger partial charge in [0.15, 0.2) is 5.69 Å². The Hall–Kier alpha value is -1.52. The summed E-state index contributed by atoms with van der Waals surface area (Å²) < 4.78 is 26.1. The highest BCUT2D eigenvalue weighted by Crippen LogP contribution is 2.09. The average Bonchev–Trinajstić information content (AvgIpc) is 2.45. The van der Waals surface area contributed by atoms with E-state index in [9.17, 15) is 4.79 Å². The van der Waals surface area contributed by atoms with Crippen molar-refractivity contribution in [1.82, 2.24) is 9.78 Å². The van der Waals surface area contributed by atoms with Crippen molar-refractivity contribution >= 4 is 11.7 Å². The number of hydrogen-bond acceptors (Lipinski definition) is 4. The minimum Gasteiger partial charge on any atom is -0.464 e. The molecule has 0 amide bonds.